The molecule has 5 heteroatoms. The number of hydrogen-bond donors (Lipinski definition) is 0. The minimum absolute atomic E-state index is 0.100. The lowest BCUT2D eigenvalue weighted by Gasteiger charge is -2.00. The molecule has 1 aliphatic carbocycles. The van der Waals surface area contributed by atoms with Gasteiger partial charge in [-0.15, -0.1) is 0 Å². The molecule has 0 saturated heterocycles. The molecule has 0 unspecified atom stereocenters. The van der Waals surface area contributed by atoms with Crippen LogP contribution < -0.4 is 0 Å². The molecule has 1 aromatic carbocycles. The minimum atomic E-state index is -3.13. The van der Waals surface area contributed by atoms with Gasteiger partial charge in [-0.05, 0) is 17.7 Å². The van der Waals surface area contributed by atoms with Crippen molar-refractivity contribution in [2.24, 2.45) is 5.92 Å². The van der Waals surface area contributed by atoms with Crippen molar-refractivity contribution in [1.29, 1.82) is 5.26 Å². The van der Waals surface area contributed by atoms with Gasteiger partial charge in [-0.1, -0.05) is 35.0 Å². The molecule has 2 rings (SSSR count). The monoisotopic (exact) mass is 313 g/mol. The molecule has 0 aromatic heterocycles. The van der Waals surface area contributed by atoms with Crippen LogP contribution >= 0.6 is 15.9 Å². The quantitative estimate of drug-likeness (QED) is 0.861. The van der Waals surface area contributed by atoms with Crippen molar-refractivity contribution in [1.82, 2.24) is 0 Å². The first-order valence-corrected chi connectivity index (χ1v) is 7.88. The van der Waals surface area contributed by atoms with Gasteiger partial charge in [0.25, 0.3) is 0 Å². The average molecular weight is 314 g/mol. The molecule has 17 heavy (non-hydrogen) atoms. The van der Waals surface area contributed by atoms with Gasteiger partial charge in [0.2, 0.25) is 0 Å². The van der Waals surface area contributed by atoms with Crippen molar-refractivity contribution < 1.29 is 8.42 Å². The highest BCUT2D eigenvalue weighted by Crippen LogP contribution is 2.52. The second-order valence-corrected chi connectivity index (χ2v) is 7.51. The molecule has 0 heterocycles. The van der Waals surface area contributed by atoms with Gasteiger partial charge in [-0.2, -0.15) is 5.26 Å². The number of sulfone groups is 1. The van der Waals surface area contributed by atoms with Crippen LogP contribution in [0.1, 0.15) is 18.4 Å². The van der Waals surface area contributed by atoms with Crippen molar-refractivity contribution in [2.45, 2.75) is 18.1 Å². The molecular weight excluding hydrogens is 302 g/mol. The fourth-order valence-corrected chi connectivity index (χ4v) is 4.17. The van der Waals surface area contributed by atoms with Gasteiger partial charge in [0.05, 0.1) is 17.2 Å². The van der Waals surface area contributed by atoms with E-state index in [-0.39, 0.29) is 17.6 Å². The van der Waals surface area contributed by atoms with Crippen LogP contribution in [0.25, 0.3) is 0 Å². The lowest BCUT2D eigenvalue weighted by atomic mass is 10.1. The Morgan fingerprint density at radius 1 is 1.35 bits per heavy atom. The lowest BCUT2D eigenvalue weighted by molar-refractivity contribution is 0.594. The number of rotatable bonds is 3. The SMILES string of the molecule is CCS(=O)(=O)[C@@H]1[C@@H](C#N)[C@H]1c1ccc(Br)cc1. The summed E-state index contributed by atoms with van der Waals surface area (Å²) in [4.78, 5) is 0. The minimum Gasteiger partial charge on any atom is -0.228 e. The van der Waals surface area contributed by atoms with Crippen LogP contribution in [0, 0.1) is 17.2 Å². The first-order chi connectivity index (χ1) is 8.01. The predicted molar refractivity (Wildman–Crippen MR) is 69.2 cm³/mol. The van der Waals surface area contributed by atoms with E-state index in [0.717, 1.165) is 10.0 Å². The Balaban J connectivity index is 2.30. The summed E-state index contributed by atoms with van der Waals surface area (Å²) in [5.74, 6) is -0.442. The molecule has 1 aliphatic rings. The van der Waals surface area contributed by atoms with Crippen molar-refractivity contribution in [3.05, 3.63) is 34.3 Å². The number of nitriles is 1. The second-order valence-electron chi connectivity index (χ2n) is 4.15. The third-order valence-corrected chi connectivity index (χ3v) is 5.92. The summed E-state index contributed by atoms with van der Waals surface area (Å²) >= 11 is 3.33. The molecule has 3 atom stereocenters. The Kier molecular flexibility index (Phi) is 3.28. The first-order valence-electron chi connectivity index (χ1n) is 5.38. The Labute approximate surface area is 110 Å². The van der Waals surface area contributed by atoms with Crippen molar-refractivity contribution in [3.63, 3.8) is 0 Å². The van der Waals surface area contributed by atoms with Gasteiger partial charge in [-0.3, -0.25) is 0 Å². The summed E-state index contributed by atoms with van der Waals surface area (Å²) in [5, 5.41) is 8.48. The van der Waals surface area contributed by atoms with Gasteiger partial charge in [0, 0.05) is 16.1 Å². The van der Waals surface area contributed by atoms with Crippen molar-refractivity contribution in [2.75, 3.05) is 5.75 Å². The van der Waals surface area contributed by atoms with Gasteiger partial charge >= 0.3 is 0 Å². The maximum absolute atomic E-state index is 11.8. The molecular formula is C12H12BrNO2S. The topological polar surface area (TPSA) is 57.9 Å². The first kappa shape index (κ1) is 12.6. The van der Waals surface area contributed by atoms with E-state index in [9.17, 15) is 8.42 Å². The molecule has 1 fully saturated rings. The van der Waals surface area contributed by atoms with Crippen LogP contribution in [-0.4, -0.2) is 19.4 Å². The Morgan fingerprint density at radius 2 is 1.94 bits per heavy atom. The highest BCUT2D eigenvalue weighted by Gasteiger charge is 2.58. The van der Waals surface area contributed by atoms with E-state index in [0.29, 0.717) is 0 Å². The summed E-state index contributed by atoms with van der Waals surface area (Å²) in [6.07, 6.45) is 0. The van der Waals surface area contributed by atoms with E-state index in [1.165, 1.54) is 0 Å². The Morgan fingerprint density at radius 3 is 2.41 bits per heavy atom. The van der Waals surface area contributed by atoms with Gasteiger partial charge in [0.15, 0.2) is 9.84 Å². The zero-order valence-electron chi connectivity index (χ0n) is 9.30. The van der Waals surface area contributed by atoms with Crippen LogP contribution in [0.4, 0.5) is 0 Å². The molecule has 0 aliphatic heterocycles. The molecule has 90 valence electrons. The van der Waals surface area contributed by atoms with Crippen LogP contribution in [0.5, 0.6) is 0 Å². The average Bonchev–Trinajstić information content (AvgIpc) is 3.05. The third kappa shape index (κ3) is 2.24. The molecule has 1 aromatic rings. The van der Waals surface area contributed by atoms with Crippen molar-refractivity contribution >= 4 is 25.8 Å². The Bertz CT molecular complexity index is 559. The van der Waals surface area contributed by atoms with E-state index in [2.05, 4.69) is 22.0 Å². The fraction of sp³-hybridized carbons (Fsp3) is 0.417. The standard InChI is InChI=1S/C12H12BrNO2S/c1-2-17(15,16)12-10(7-14)11(12)8-3-5-9(13)6-4-8/h3-6,10-12H,2H2,1H3/t10-,11+,12+/m0/s1. The smallest absolute Gasteiger partial charge is 0.154 e. The van der Waals surface area contributed by atoms with Crippen LogP contribution in [-0.2, 0) is 9.84 Å². The van der Waals surface area contributed by atoms with E-state index in [4.69, 9.17) is 5.26 Å². The van der Waals surface area contributed by atoms with Crippen LogP contribution in [0.2, 0.25) is 0 Å². The number of benzene rings is 1. The van der Waals surface area contributed by atoms with Gasteiger partial charge in [-0.25, -0.2) is 8.42 Å². The second kappa shape index (κ2) is 4.43. The molecule has 0 radical (unpaired) electrons. The zero-order chi connectivity index (χ0) is 12.6. The van der Waals surface area contributed by atoms with E-state index < -0.39 is 15.1 Å². The number of halogens is 1. The number of nitrogens with zero attached hydrogens (tertiary/aromatic N) is 1. The van der Waals surface area contributed by atoms with Crippen LogP contribution in [0.15, 0.2) is 28.7 Å². The highest BCUT2D eigenvalue weighted by atomic mass is 79.9. The van der Waals surface area contributed by atoms with E-state index >= 15 is 0 Å². The molecule has 3 nitrogen and oxygen atoms in total. The van der Waals surface area contributed by atoms with Gasteiger partial charge in [0.1, 0.15) is 0 Å². The van der Waals surface area contributed by atoms with Crippen molar-refractivity contribution in [3.8, 4) is 6.07 Å². The fourth-order valence-electron chi connectivity index (χ4n) is 2.16. The number of hydrogen-bond acceptors (Lipinski definition) is 3. The third-order valence-electron chi connectivity index (χ3n) is 3.17. The zero-order valence-corrected chi connectivity index (χ0v) is 11.7. The summed E-state index contributed by atoms with van der Waals surface area (Å²) < 4.78 is 24.6. The largest absolute Gasteiger partial charge is 0.228 e. The highest BCUT2D eigenvalue weighted by molar-refractivity contribution is 9.10. The lowest BCUT2D eigenvalue weighted by Crippen LogP contribution is -2.12. The maximum atomic E-state index is 11.8. The summed E-state index contributed by atoms with van der Waals surface area (Å²) in [6, 6.07) is 9.61. The molecule has 0 N–H and O–H groups in total. The molecule has 0 spiro atoms. The molecule has 0 bridgehead atoms. The normalized spacial score (nSPS) is 27.5. The van der Waals surface area contributed by atoms with E-state index in [1.807, 2.05) is 24.3 Å². The van der Waals surface area contributed by atoms with Gasteiger partial charge < -0.3 is 0 Å². The summed E-state index contributed by atoms with van der Waals surface area (Å²) in [6.45, 7) is 1.63. The van der Waals surface area contributed by atoms with E-state index in [1.54, 1.807) is 6.92 Å². The summed E-state index contributed by atoms with van der Waals surface area (Å²) in [5.41, 5.74) is 0.932. The predicted octanol–water partition coefficient (Wildman–Crippen LogP) is 2.49. The Hall–Kier alpha value is -0.860. The molecule has 1 saturated carbocycles. The maximum Gasteiger partial charge on any atom is 0.154 e. The van der Waals surface area contributed by atoms with Crippen LogP contribution in [0.3, 0.4) is 0 Å². The summed E-state index contributed by atoms with van der Waals surface area (Å²) in [7, 11) is -3.13. The molecule has 0 amide bonds.